The molecule has 0 bridgehead atoms. The molecule has 2 aliphatic rings. The van der Waals surface area contributed by atoms with Gasteiger partial charge in [-0.2, -0.15) is 4.98 Å². The second-order valence-electron chi connectivity index (χ2n) is 9.76. The third-order valence-electron chi connectivity index (χ3n) is 7.18. The summed E-state index contributed by atoms with van der Waals surface area (Å²) in [4.78, 5) is 23.6. The van der Waals surface area contributed by atoms with Crippen molar-refractivity contribution in [3.05, 3.63) is 59.2 Å². The van der Waals surface area contributed by atoms with Crippen molar-refractivity contribution >= 4 is 50.5 Å². The molecule has 1 saturated carbocycles. The third-order valence-corrected chi connectivity index (χ3v) is 9.77. The number of methoxy groups -OCH3 is 1. The number of anilines is 4. The minimum absolute atomic E-state index is 0.0933. The Bertz CT molecular complexity index is 1470. The Morgan fingerprint density at radius 1 is 1.05 bits per heavy atom. The van der Waals surface area contributed by atoms with Gasteiger partial charge in [0.15, 0.2) is 15.7 Å². The summed E-state index contributed by atoms with van der Waals surface area (Å²) in [5.74, 6) is 0.814. The SMILES string of the molecule is COc1cc(C(=O)N2CCOCC2)ccc1Nc1ncc(Cl)c(Nc2ccccc2S(=O)(=O)C2CCCCC2)n1. The van der Waals surface area contributed by atoms with Gasteiger partial charge in [0.2, 0.25) is 5.95 Å². The average Bonchev–Trinajstić information content (AvgIpc) is 2.99. The summed E-state index contributed by atoms with van der Waals surface area (Å²) in [5, 5.41) is 6.05. The first-order chi connectivity index (χ1) is 19.4. The fraction of sp³-hybridized carbons (Fsp3) is 0.393. The van der Waals surface area contributed by atoms with Crippen LogP contribution in [-0.4, -0.2) is 67.9 Å². The number of nitrogens with one attached hydrogen (secondary N) is 2. The number of ether oxygens (including phenoxy) is 2. The van der Waals surface area contributed by atoms with Gasteiger partial charge in [-0.05, 0) is 43.2 Å². The summed E-state index contributed by atoms with van der Waals surface area (Å²) < 4.78 is 37.8. The van der Waals surface area contributed by atoms with Gasteiger partial charge in [0.25, 0.3) is 5.91 Å². The lowest BCUT2D eigenvalue weighted by molar-refractivity contribution is 0.0302. The Morgan fingerprint density at radius 2 is 1.80 bits per heavy atom. The second-order valence-corrected chi connectivity index (χ2v) is 12.4. The molecule has 2 fully saturated rings. The number of carbonyl (C=O) groups is 1. The number of para-hydroxylation sites is 1. The number of hydrogen-bond donors (Lipinski definition) is 2. The van der Waals surface area contributed by atoms with Crippen LogP contribution >= 0.6 is 11.6 Å². The van der Waals surface area contributed by atoms with E-state index in [0.717, 1.165) is 19.3 Å². The number of hydrogen-bond acceptors (Lipinski definition) is 9. The van der Waals surface area contributed by atoms with E-state index in [0.29, 0.717) is 61.8 Å². The quantitative estimate of drug-likeness (QED) is 0.367. The summed E-state index contributed by atoms with van der Waals surface area (Å²) in [7, 11) is -2.02. The highest BCUT2D eigenvalue weighted by Gasteiger charge is 2.31. The Kier molecular flexibility index (Phi) is 8.72. The van der Waals surface area contributed by atoms with Gasteiger partial charge in [-0.3, -0.25) is 4.79 Å². The molecule has 0 atom stereocenters. The second kappa shape index (κ2) is 12.4. The molecule has 2 N–H and O–H groups in total. The van der Waals surface area contributed by atoms with Crippen LogP contribution in [-0.2, 0) is 14.6 Å². The lowest BCUT2D eigenvalue weighted by atomic mass is 10.0. The molecule has 0 unspecified atom stereocenters. The minimum Gasteiger partial charge on any atom is -0.495 e. The number of halogens is 1. The summed E-state index contributed by atoms with van der Waals surface area (Å²) in [6.07, 6.45) is 5.65. The van der Waals surface area contributed by atoms with Crippen LogP contribution < -0.4 is 15.4 Å². The first kappa shape index (κ1) is 28.1. The topological polar surface area (TPSA) is 123 Å². The Hall–Kier alpha value is -3.41. The van der Waals surface area contributed by atoms with Crippen LogP contribution in [0.2, 0.25) is 5.02 Å². The van der Waals surface area contributed by atoms with Crippen molar-refractivity contribution in [2.45, 2.75) is 42.2 Å². The van der Waals surface area contributed by atoms with Gasteiger partial charge < -0.3 is 25.0 Å². The number of morpholine rings is 1. The van der Waals surface area contributed by atoms with Crippen molar-refractivity contribution in [1.29, 1.82) is 0 Å². The first-order valence-electron chi connectivity index (χ1n) is 13.3. The predicted molar refractivity (Wildman–Crippen MR) is 154 cm³/mol. The lowest BCUT2D eigenvalue weighted by Crippen LogP contribution is -2.40. The molecule has 1 aromatic heterocycles. The largest absolute Gasteiger partial charge is 0.495 e. The molecule has 1 aliphatic heterocycles. The van der Waals surface area contributed by atoms with E-state index in [4.69, 9.17) is 21.1 Å². The van der Waals surface area contributed by atoms with Crippen LogP contribution in [0, 0.1) is 0 Å². The fourth-order valence-electron chi connectivity index (χ4n) is 5.01. The highest BCUT2D eigenvalue weighted by Crippen LogP contribution is 2.35. The van der Waals surface area contributed by atoms with E-state index in [1.165, 1.54) is 13.3 Å². The highest BCUT2D eigenvalue weighted by molar-refractivity contribution is 7.92. The first-order valence-corrected chi connectivity index (χ1v) is 15.2. The molecule has 0 radical (unpaired) electrons. The zero-order valence-corrected chi connectivity index (χ0v) is 23.8. The smallest absolute Gasteiger partial charge is 0.254 e. The van der Waals surface area contributed by atoms with E-state index in [-0.39, 0.29) is 27.6 Å². The number of carbonyl (C=O) groups excluding carboxylic acids is 1. The monoisotopic (exact) mass is 585 g/mol. The minimum atomic E-state index is -3.53. The maximum atomic E-state index is 13.5. The van der Waals surface area contributed by atoms with E-state index in [2.05, 4.69) is 20.6 Å². The van der Waals surface area contributed by atoms with Crippen molar-refractivity contribution in [1.82, 2.24) is 14.9 Å². The van der Waals surface area contributed by atoms with E-state index in [1.54, 1.807) is 47.4 Å². The molecule has 212 valence electrons. The molecular weight excluding hydrogens is 554 g/mol. The van der Waals surface area contributed by atoms with Gasteiger partial charge in [-0.15, -0.1) is 0 Å². The average molecular weight is 586 g/mol. The van der Waals surface area contributed by atoms with Gasteiger partial charge >= 0.3 is 0 Å². The number of rotatable bonds is 8. The molecule has 1 amide bonds. The van der Waals surface area contributed by atoms with Gasteiger partial charge in [-0.25, -0.2) is 13.4 Å². The van der Waals surface area contributed by atoms with Crippen LogP contribution in [0.25, 0.3) is 0 Å². The van der Waals surface area contributed by atoms with E-state index < -0.39 is 15.1 Å². The van der Waals surface area contributed by atoms with Crippen molar-refractivity contribution in [2.24, 2.45) is 0 Å². The van der Waals surface area contributed by atoms with Gasteiger partial charge in [0, 0.05) is 18.7 Å². The van der Waals surface area contributed by atoms with Crippen LogP contribution in [0.3, 0.4) is 0 Å². The highest BCUT2D eigenvalue weighted by atomic mass is 35.5. The zero-order chi connectivity index (χ0) is 28.1. The van der Waals surface area contributed by atoms with Gasteiger partial charge in [-0.1, -0.05) is 43.0 Å². The maximum absolute atomic E-state index is 13.5. The third kappa shape index (κ3) is 6.16. The van der Waals surface area contributed by atoms with Crippen molar-refractivity contribution in [3.63, 3.8) is 0 Å². The normalized spacial score (nSPS) is 16.4. The number of benzene rings is 2. The van der Waals surface area contributed by atoms with Crippen molar-refractivity contribution < 1.29 is 22.7 Å². The fourth-order valence-corrected chi connectivity index (χ4v) is 7.16. The standard InChI is InChI=1S/C28H32ClN5O5S/c1-38-24-17-19(27(35)34-13-15-39-16-14-34)11-12-22(24)32-28-30-18-21(29)26(33-28)31-23-9-5-6-10-25(23)40(36,37)20-7-3-2-4-8-20/h5-6,9-12,17-18,20H,2-4,7-8,13-16H2,1H3,(H2,30,31,32,33). The molecule has 40 heavy (non-hydrogen) atoms. The Balaban J connectivity index is 1.37. The van der Waals surface area contributed by atoms with Crippen molar-refractivity contribution in [3.8, 4) is 5.75 Å². The zero-order valence-electron chi connectivity index (χ0n) is 22.2. The lowest BCUT2D eigenvalue weighted by Gasteiger charge is -2.27. The van der Waals surface area contributed by atoms with E-state index >= 15 is 0 Å². The number of aromatic nitrogens is 2. The molecule has 1 saturated heterocycles. The molecule has 2 aromatic carbocycles. The number of sulfone groups is 1. The Morgan fingerprint density at radius 3 is 2.55 bits per heavy atom. The number of amides is 1. The van der Waals surface area contributed by atoms with Crippen LogP contribution in [0.4, 0.5) is 23.1 Å². The molecule has 2 heterocycles. The van der Waals surface area contributed by atoms with Crippen LogP contribution in [0.1, 0.15) is 42.5 Å². The maximum Gasteiger partial charge on any atom is 0.254 e. The summed E-state index contributed by atoms with van der Waals surface area (Å²) in [5.41, 5.74) is 1.46. The number of nitrogens with zero attached hydrogens (tertiary/aromatic N) is 3. The summed E-state index contributed by atoms with van der Waals surface area (Å²) in [6, 6.07) is 11.9. The van der Waals surface area contributed by atoms with Crippen LogP contribution in [0.5, 0.6) is 5.75 Å². The van der Waals surface area contributed by atoms with E-state index in [1.807, 2.05) is 0 Å². The molecule has 12 heteroatoms. The molecule has 3 aromatic rings. The van der Waals surface area contributed by atoms with Gasteiger partial charge in [0.1, 0.15) is 10.8 Å². The summed E-state index contributed by atoms with van der Waals surface area (Å²) in [6.45, 7) is 2.12. The molecular formula is C28H32ClN5O5S. The Labute approximate surface area is 239 Å². The predicted octanol–water partition coefficient (Wildman–Crippen LogP) is 5.20. The van der Waals surface area contributed by atoms with Gasteiger partial charge in [0.05, 0.1) is 48.0 Å². The molecule has 10 nitrogen and oxygen atoms in total. The molecule has 0 spiro atoms. The summed E-state index contributed by atoms with van der Waals surface area (Å²) >= 11 is 6.41. The molecule has 1 aliphatic carbocycles. The van der Waals surface area contributed by atoms with E-state index in [9.17, 15) is 13.2 Å². The van der Waals surface area contributed by atoms with Crippen LogP contribution in [0.15, 0.2) is 53.6 Å². The van der Waals surface area contributed by atoms with Crippen molar-refractivity contribution in [2.75, 3.05) is 44.0 Å². The molecule has 5 rings (SSSR count).